The molecule has 3 N–H and O–H groups in total. The summed E-state index contributed by atoms with van der Waals surface area (Å²) in [6, 6.07) is 11.1. The molecule has 0 saturated heterocycles. The number of nitrogens with zero attached hydrogens (tertiary/aromatic N) is 1. The van der Waals surface area contributed by atoms with Gasteiger partial charge in [-0.3, -0.25) is 0 Å². The molecule has 0 unspecified atom stereocenters. The van der Waals surface area contributed by atoms with Crippen molar-refractivity contribution in [2.75, 3.05) is 31.2 Å². The van der Waals surface area contributed by atoms with Crippen LogP contribution in [0.4, 0.5) is 5.69 Å². The molecule has 0 radical (unpaired) electrons. The maximum atomic E-state index is 10.8. The number of carbonyl (C=O) groups is 1. The van der Waals surface area contributed by atoms with Gasteiger partial charge in [-0.25, -0.2) is 4.79 Å². The highest BCUT2D eigenvalue weighted by Gasteiger charge is 2.06. The summed E-state index contributed by atoms with van der Waals surface area (Å²) >= 11 is 1.23. The minimum atomic E-state index is -0.910. The summed E-state index contributed by atoms with van der Waals surface area (Å²) in [5.41, 5.74) is 1.93. The lowest BCUT2D eigenvalue weighted by molar-refractivity contribution is 0.0702. The Morgan fingerprint density at radius 2 is 1.65 bits per heavy atom. The van der Waals surface area contributed by atoms with Crippen LogP contribution in [0.15, 0.2) is 36.4 Å². The predicted molar refractivity (Wildman–Crippen MR) is 93.0 cm³/mol. The molecule has 6 heteroatoms. The second-order valence-electron chi connectivity index (χ2n) is 4.87. The number of aliphatic hydroxyl groups excluding tert-OH is 2. The number of benzene rings is 1. The second-order valence-corrected chi connectivity index (χ2v) is 5.98. The van der Waals surface area contributed by atoms with Gasteiger partial charge in [0.1, 0.15) is 4.88 Å². The molecule has 0 aliphatic heterocycles. The molecule has 2 rings (SSSR count). The molecule has 0 spiro atoms. The number of aliphatic hydroxyl groups is 2. The van der Waals surface area contributed by atoms with E-state index >= 15 is 0 Å². The first kappa shape index (κ1) is 17.2. The third-order valence-electron chi connectivity index (χ3n) is 3.28. The van der Waals surface area contributed by atoms with E-state index in [4.69, 9.17) is 15.3 Å². The first-order chi connectivity index (χ1) is 11.1. The van der Waals surface area contributed by atoms with Crippen LogP contribution in [0.2, 0.25) is 0 Å². The number of aromatic carboxylic acids is 1. The summed E-state index contributed by atoms with van der Waals surface area (Å²) < 4.78 is 0. The fourth-order valence-electron chi connectivity index (χ4n) is 2.14. The maximum Gasteiger partial charge on any atom is 0.345 e. The largest absolute Gasteiger partial charge is 0.477 e. The average Bonchev–Trinajstić information content (AvgIpc) is 3.02. The van der Waals surface area contributed by atoms with Crippen molar-refractivity contribution in [2.45, 2.75) is 0 Å². The predicted octanol–water partition coefficient (Wildman–Crippen LogP) is 2.41. The molecule has 0 bridgehead atoms. The highest BCUT2D eigenvalue weighted by molar-refractivity contribution is 7.14. The van der Waals surface area contributed by atoms with Crippen molar-refractivity contribution >= 4 is 35.1 Å². The van der Waals surface area contributed by atoms with Crippen LogP contribution >= 0.6 is 11.3 Å². The van der Waals surface area contributed by atoms with Crippen LogP contribution in [0.3, 0.4) is 0 Å². The van der Waals surface area contributed by atoms with Gasteiger partial charge >= 0.3 is 5.97 Å². The normalized spacial score (nSPS) is 11.0. The first-order valence-corrected chi connectivity index (χ1v) is 8.03. The van der Waals surface area contributed by atoms with Gasteiger partial charge in [0.15, 0.2) is 0 Å². The zero-order valence-corrected chi connectivity index (χ0v) is 13.4. The van der Waals surface area contributed by atoms with Gasteiger partial charge in [-0.2, -0.15) is 0 Å². The lowest BCUT2D eigenvalue weighted by Crippen LogP contribution is -2.29. The third kappa shape index (κ3) is 4.92. The Bertz CT molecular complexity index is 657. The Labute approximate surface area is 138 Å². The number of rotatable bonds is 8. The molecular weight excluding hydrogens is 314 g/mol. The smallest absolute Gasteiger partial charge is 0.345 e. The lowest BCUT2D eigenvalue weighted by Gasteiger charge is -2.22. The van der Waals surface area contributed by atoms with Crippen molar-refractivity contribution in [1.29, 1.82) is 0 Å². The number of hydrogen-bond donors (Lipinski definition) is 3. The maximum absolute atomic E-state index is 10.8. The fraction of sp³-hybridized carbons (Fsp3) is 0.235. The van der Waals surface area contributed by atoms with Gasteiger partial charge in [0.2, 0.25) is 0 Å². The van der Waals surface area contributed by atoms with E-state index in [9.17, 15) is 4.79 Å². The van der Waals surface area contributed by atoms with Gasteiger partial charge in [0.05, 0.1) is 13.2 Å². The molecule has 0 aliphatic carbocycles. The summed E-state index contributed by atoms with van der Waals surface area (Å²) in [5, 5.41) is 27.0. The minimum absolute atomic E-state index is 0.0337. The molecule has 0 fully saturated rings. The first-order valence-electron chi connectivity index (χ1n) is 7.22. The highest BCUT2D eigenvalue weighted by Crippen LogP contribution is 2.20. The van der Waals surface area contributed by atoms with Crippen LogP contribution in [0, 0.1) is 0 Å². The van der Waals surface area contributed by atoms with Crippen molar-refractivity contribution in [3.05, 3.63) is 51.7 Å². The van der Waals surface area contributed by atoms with Crippen LogP contribution in [-0.2, 0) is 0 Å². The third-order valence-corrected chi connectivity index (χ3v) is 4.31. The second kappa shape index (κ2) is 8.47. The molecule has 0 amide bonds. The molecule has 2 aromatic rings. The molecule has 0 aliphatic rings. The van der Waals surface area contributed by atoms with E-state index in [0.717, 1.165) is 16.1 Å². The van der Waals surface area contributed by atoms with Crippen LogP contribution in [0.5, 0.6) is 0 Å². The van der Waals surface area contributed by atoms with E-state index in [2.05, 4.69) is 0 Å². The van der Waals surface area contributed by atoms with E-state index in [0.29, 0.717) is 18.0 Å². The quantitative estimate of drug-likeness (QED) is 0.691. The van der Waals surface area contributed by atoms with E-state index < -0.39 is 5.97 Å². The standard InChI is InChI=1S/C17H19NO4S/c19-11-9-18(10-12-20)14-4-1-13(2-5-14)3-6-15-7-8-16(23-15)17(21)22/h1-8,19-20H,9-12H2,(H,21,22)/b6-3+. The Balaban J connectivity index is 2.06. The van der Waals surface area contributed by atoms with E-state index in [1.54, 1.807) is 12.1 Å². The molecule has 1 heterocycles. The number of carboxylic acids is 1. The average molecular weight is 333 g/mol. The summed E-state index contributed by atoms with van der Waals surface area (Å²) in [5.74, 6) is -0.910. The summed E-state index contributed by atoms with van der Waals surface area (Å²) in [4.78, 5) is 14.0. The number of hydrogen-bond acceptors (Lipinski definition) is 5. The van der Waals surface area contributed by atoms with Crippen molar-refractivity contribution in [3.63, 3.8) is 0 Å². The SMILES string of the molecule is O=C(O)c1ccc(/C=C/c2ccc(N(CCO)CCO)cc2)s1. The monoisotopic (exact) mass is 333 g/mol. The molecule has 0 atom stereocenters. The Morgan fingerprint density at radius 3 is 2.17 bits per heavy atom. The molecule has 122 valence electrons. The van der Waals surface area contributed by atoms with Gasteiger partial charge < -0.3 is 20.2 Å². The topological polar surface area (TPSA) is 81.0 Å². The molecule has 5 nitrogen and oxygen atoms in total. The van der Waals surface area contributed by atoms with E-state index in [1.807, 2.05) is 41.3 Å². The van der Waals surface area contributed by atoms with Crippen LogP contribution in [-0.4, -0.2) is 47.6 Å². The molecule has 1 aromatic carbocycles. The highest BCUT2D eigenvalue weighted by atomic mass is 32.1. The van der Waals surface area contributed by atoms with Gasteiger partial charge in [0, 0.05) is 23.7 Å². The number of thiophene rings is 1. The minimum Gasteiger partial charge on any atom is -0.477 e. The summed E-state index contributed by atoms with van der Waals surface area (Å²) in [7, 11) is 0. The summed E-state index contributed by atoms with van der Waals surface area (Å²) in [6.45, 7) is 1.02. The summed E-state index contributed by atoms with van der Waals surface area (Å²) in [6.07, 6.45) is 3.80. The Morgan fingerprint density at radius 1 is 1.00 bits per heavy atom. The fourth-order valence-corrected chi connectivity index (χ4v) is 2.89. The number of carboxylic acid groups (broad SMARTS) is 1. The van der Waals surface area contributed by atoms with Crippen LogP contribution < -0.4 is 4.90 Å². The van der Waals surface area contributed by atoms with Crippen molar-refractivity contribution in [1.82, 2.24) is 0 Å². The zero-order valence-electron chi connectivity index (χ0n) is 12.6. The zero-order chi connectivity index (χ0) is 16.7. The lowest BCUT2D eigenvalue weighted by atomic mass is 10.1. The van der Waals surface area contributed by atoms with Crippen molar-refractivity contribution in [2.24, 2.45) is 0 Å². The van der Waals surface area contributed by atoms with Gasteiger partial charge in [0.25, 0.3) is 0 Å². The Hall–Kier alpha value is -2.15. The molecular formula is C17H19NO4S. The molecule has 0 saturated carbocycles. The number of anilines is 1. The van der Waals surface area contributed by atoms with Crippen molar-refractivity contribution < 1.29 is 20.1 Å². The van der Waals surface area contributed by atoms with Crippen molar-refractivity contribution in [3.8, 4) is 0 Å². The molecule has 23 heavy (non-hydrogen) atoms. The van der Waals surface area contributed by atoms with E-state index in [-0.39, 0.29) is 13.2 Å². The van der Waals surface area contributed by atoms with E-state index in [1.165, 1.54) is 11.3 Å². The van der Waals surface area contributed by atoms with Gasteiger partial charge in [-0.15, -0.1) is 11.3 Å². The Kier molecular flexibility index (Phi) is 6.34. The van der Waals surface area contributed by atoms with Crippen LogP contribution in [0.1, 0.15) is 20.1 Å². The van der Waals surface area contributed by atoms with Gasteiger partial charge in [-0.1, -0.05) is 18.2 Å². The van der Waals surface area contributed by atoms with Crippen LogP contribution in [0.25, 0.3) is 12.2 Å². The van der Waals surface area contributed by atoms with Gasteiger partial charge in [-0.05, 0) is 35.9 Å². The molecule has 1 aromatic heterocycles.